The molecule has 1 saturated heterocycles. The van der Waals surface area contributed by atoms with E-state index in [9.17, 15) is 4.79 Å². The van der Waals surface area contributed by atoms with Gasteiger partial charge < -0.3 is 9.84 Å². The number of hydrogen-bond donors (Lipinski definition) is 1. The first-order chi connectivity index (χ1) is 7.22. The van der Waals surface area contributed by atoms with Crippen molar-refractivity contribution < 1.29 is 14.6 Å². The summed E-state index contributed by atoms with van der Waals surface area (Å²) >= 11 is 1.26. The van der Waals surface area contributed by atoms with E-state index in [4.69, 9.17) is 9.84 Å². The maximum Gasteiger partial charge on any atom is 0.347 e. The molecule has 1 atom stereocenters. The molecular weight excluding hydrogens is 214 g/mol. The van der Waals surface area contributed by atoms with Crippen molar-refractivity contribution in [3.05, 3.63) is 15.6 Å². The monoisotopic (exact) mass is 227 g/mol. The van der Waals surface area contributed by atoms with Gasteiger partial charge in [0.2, 0.25) is 0 Å². The molecule has 0 saturated carbocycles. The van der Waals surface area contributed by atoms with Gasteiger partial charge in [0.25, 0.3) is 0 Å². The van der Waals surface area contributed by atoms with Gasteiger partial charge in [0.1, 0.15) is 11.0 Å². The van der Waals surface area contributed by atoms with Gasteiger partial charge in [-0.2, -0.15) is 0 Å². The summed E-state index contributed by atoms with van der Waals surface area (Å²) in [6.07, 6.45) is 2.54. The van der Waals surface area contributed by atoms with Crippen LogP contribution in [0.2, 0.25) is 0 Å². The van der Waals surface area contributed by atoms with Gasteiger partial charge in [0.05, 0.1) is 10.7 Å². The van der Waals surface area contributed by atoms with Crippen molar-refractivity contribution in [2.75, 3.05) is 6.61 Å². The molecule has 0 aromatic carbocycles. The molecule has 5 heteroatoms. The molecule has 0 radical (unpaired) electrons. The second-order valence-corrected chi connectivity index (χ2v) is 4.57. The van der Waals surface area contributed by atoms with Crippen LogP contribution in [0.5, 0.6) is 0 Å². The van der Waals surface area contributed by atoms with Gasteiger partial charge >= 0.3 is 5.97 Å². The van der Waals surface area contributed by atoms with E-state index in [-0.39, 0.29) is 6.10 Å². The summed E-state index contributed by atoms with van der Waals surface area (Å²) in [5.74, 6) is -0.891. The molecule has 1 fully saturated rings. The second kappa shape index (κ2) is 4.28. The normalized spacial score (nSPS) is 20.7. The number of carboxylic acid groups (broad SMARTS) is 1. The van der Waals surface area contributed by atoms with Crippen LogP contribution < -0.4 is 0 Å². The van der Waals surface area contributed by atoms with Gasteiger partial charge in [-0.3, -0.25) is 0 Å². The molecular formula is C10H13NO3S. The van der Waals surface area contributed by atoms with Gasteiger partial charge in [0.15, 0.2) is 0 Å². The topological polar surface area (TPSA) is 59.4 Å². The molecule has 0 bridgehead atoms. The molecule has 2 heterocycles. The first kappa shape index (κ1) is 10.6. The van der Waals surface area contributed by atoms with E-state index < -0.39 is 5.97 Å². The van der Waals surface area contributed by atoms with Crippen LogP contribution in [0.1, 0.15) is 46.2 Å². The number of ether oxygens (including phenoxy) is 1. The Kier molecular flexibility index (Phi) is 3.02. The van der Waals surface area contributed by atoms with Crippen LogP contribution in [0, 0.1) is 0 Å². The van der Waals surface area contributed by atoms with E-state index in [1.807, 2.05) is 6.92 Å². The Morgan fingerprint density at radius 2 is 2.53 bits per heavy atom. The van der Waals surface area contributed by atoms with Gasteiger partial charge in [-0.15, -0.1) is 11.3 Å². The lowest BCUT2D eigenvalue weighted by Crippen LogP contribution is -2.04. The SMILES string of the molecule is CCc1nc(C2CCCO2)c(C(=O)O)s1. The van der Waals surface area contributed by atoms with Gasteiger partial charge in [-0.25, -0.2) is 9.78 Å². The molecule has 1 aliphatic rings. The van der Waals surface area contributed by atoms with E-state index in [1.165, 1.54) is 11.3 Å². The first-order valence-corrected chi connectivity index (χ1v) is 5.88. The fourth-order valence-corrected chi connectivity index (χ4v) is 2.59. The largest absolute Gasteiger partial charge is 0.477 e. The van der Waals surface area contributed by atoms with Gasteiger partial charge in [0, 0.05) is 6.61 Å². The lowest BCUT2D eigenvalue weighted by molar-refractivity contribution is 0.0686. The van der Waals surface area contributed by atoms with Crippen molar-refractivity contribution in [3.63, 3.8) is 0 Å². The summed E-state index contributed by atoms with van der Waals surface area (Å²) in [6, 6.07) is 0. The van der Waals surface area contributed by atoms with Crippen LogP contribution >= 0.6 is 11.3 Å². The third-order valence-electron chi connectivity index (χ3n) is 2.43. The smallest absolute Gasteiger partial charge is 0.347 e. The maximum absolute atomic E-state index is 11.0. The highest BCUT2D eigenvalue weighted by molar-refractivity contribution is 7.13. The zero-order chi connectivity index (χ0) is 10.8. The number of carboxylic acids is 1. The van der Waals surface area contributed by atoms with Crippen molar-refractivity contribution in [2.45, 2.75) is 32.3 Å². The van der Waals surface area contributed by atoms with Crippen LogP contribution in [0.15, 0.2) is 0 Å². The number of thiazole rings is 1. The number of hydrogen-bond acceptors (Lipinski definition) is 4. The van der Waals surface area contributed by atoms with Crippen molar-refractivity contribution in [3.8, 4) is 0 Å². The number of aromatic carboxylic acids is 1. The van der Waals surface area contributed by atoms with Crippen molar-refractivity contribution >= 4 is 17.3 Å². The zero-order valence-electron chi connectivity index (χ0n) is 8.52. The molecule has 1 N–H and O–H groups in total. The van der Waals surface area contributed by atoms with Crippen molar-refractivity contribution in [1.29, 1.82) is 0 Å². The summed E-state index contributed by atoms with van der Waals surface area (Å²) in [5, 5.41) is 9.92. The van der Waals surface area contributed by atoms with Gasteiger partial charge in [-0.05, 0) is 19.3 Å². The van der Waals surface area contributed by atoms with E-state index >= 15 is 0 Å². The lowest BCUT2D eigenvalue weighted by atomic mass is 10.1. The maximum atomic E-state index is 11.0. The predicted octanol–water partition coefficient (Wildman–Crippen LogP) is 2.26. The fraction of sp³-hybridized carbons (Fsp3) is 0.600. The third kappa shape index (κ3) is 2.03. The number of aryl methyl sites for hydroxylation is 1. The van der Waals surface area contributed by atoms with Gasteiger partial charge in [-0.1, -0.05) is 6.92 Å². The van der Waals surface area contributed by atoms with Crippen LogP contribution in [-0.2, 0) is 11.2 Å². The molecule has 1 unspecified atom stereocenters. The third-order valence-corrected chi connectivity index (χ3v) is 3.63. The summed E-state index contributed by atoms with van der Waals surface area (Å²) in [7, 11) is 0. The number of nitrogens with zero attached hydrogens (tertiary/aromatic N) is 1. The summed E-state index contributed by atoms with van der Waals surface area (Å²) in [6.45, 7) is 2.69. The molecule has 1 aliphatic heterocycles. The lowest BCUT2D eigenvalue weighted by Gasteiger charge is -2.06. The molecule has 0 spiro atoms. The summed E-state index contributed by atoms with van der Waals surface area (Å²) in [4.78, 5) is 15.7. The predicted molar refractivity (Wildman–Crippen MR) is 56.4 cm³/mol. The number of carbonyl (C=O) groups is 1. The summed E-state index contributed by atoms with van der Waals surface area (Å²) < 4.78 is 5.47. The fourth-order valence-electron chi connectivity index (χ4n) is 1.69. The van der Waals surface area contributed by atoms with E-state index in [0.717, 1.165) is 24.3 Å². The average molecular weight is 227 g/mol. The minimum Gasteiger partial charge on any atom is -0.477 e. The highest BCUT2D eigenvalue weighted by Crippen LogP contribution is 2.33. The molecule has 1 aromatic heterocycles. The van der Waals surface area contributed by atoms with E-state index in [1.54, 1.807) is 0 Å². The second-order valence-electron chi connectivity index (χ2n) is 3.48. The Labute approximate surface area is 91.9 Å². The van der Waals surface area contributed by atoms with E-state index in [2.05, 4.69) is 4.98 Å². The highest BCUT2D eigenvalue weighted by atomic mass is 32.1. The molecule has 1 aromatic rings. The zero-order valence-corrected chi connectivity index (χ0v) is 9.34. The Morgan fingerprint density at radius 3 is 3.07 bits per heavy atom. The van der Waals surface area contributed by atoms with Crippen LogP contribution in [0.3, 0.4) is 0 Å². The molecule has 2 rings (SSSR count). The van der Waals surface area contributed by atoms with Crippen molar-refractivity contribution in [2.24, 2.45) is 0 Å². The Hall–Kier alpha value is -0.940. The molecule has 4 nitrogen and oxygen atoms in total. The van der Waals surface area contributed by atoms with Crippen LogP contribution in [-0.4, -0.2) is 22.7 Å². The first-order valence-electron chi connectivity index (χ1n) is 5.07. The summed E-state index contributed by atoms with van der Waals surface area (Å²) in [5.41, 5.74) is 0.627. The standard InChI is InChI=1S/C10H13NO3S/c1-2-7-11-8(6-4-3-5-14-6)9(15-7)10(12)13/h6H,2-5H2,1H3,(H,12,13). The Bertz CT molecular complexity index is 369. The minimum atomic E-state index is -0.891. The quantitative estimate of drug-likeness (QED) is 0.860. The van der Waals surface area contributed by atoms with Crippen LogP contribution in [0.4, 0.5) is 0 Å². The molecule has 0 aliphatic carbocycles. The number of aromatic nitrogens is 1. The molecule has 0 amide bonds. The van der Waals surface area contributed by atoms with E-state index in [0.29, 0.717) is 17.2 Å². The molecule has 15 heavy (non-hydrogen) atoms. The van der Waals surface area contributed by atoms with Crippen molar-refractivity contribution in [1.82, 2.24) is 4.98 Å². The minimum absolute atomic E-state index is 0.104. The van der Waals surface area contributed by atoms with Crippen LogP contribution in [0.25, 0.3) is 0 Å². The highest BCUT2D eigenvalue weighted by Gasteiger charge is 2.27. The average Bonchev–Trinajstić information content (AvgIpc) is 2.86. The molecule has 82 valence electrons. The number of rotatable bonds is 3. The Morgan fingerprint density at radius 1 is 1.73 bits per heavy atom. The Balaban J connectivity index is 2.34.